The highest BCUT2D eigenvalue weighted by Gasteiger charge is 2.33. The van der Waals surface area contributed by atoms with Gasteiger partial charge in [-0.2, -0.15) is 0 Å². The van der Waals surface area contributed by atoms with Crippen molar-refractivity contribution in [3.63, 3.8) is 0 Å². The van der Waals surface area contributed by atoms with E-state index in [-0.39, 0.29) is 11.9 Å². The fourth-order valence-electron chi connectivity index (χ4n) is 3.16. The van der Waals surface area contributed by atoms with Crippen molar-refractivity contribution in [1.29, 1.82) is 0 Å². The average Bonchev–Trinajstić information content (AvgIpc) is 2.50. The van der Waals surface area contributed by atoms with Gasteiger partial charge in [0.2, 0.25) is 5.91 Å². The second-order valence-electron chi connectivity index (χ2n) is 6.08. The number of rotatable bonds is 7. The minimum Gasteiger partial charge on any atom is -0.352 e. The van der Waals surface area contributed by atoms with Crippen LogP contribution in [0.25, 0.3) is 0 Å². The molecule has 0 aromatic rings. The highest BCUT2D eigenvalue weighted by molar-refractivity contribution is 5.81. The fraction of sp³-hybridized carbons (Fsp3) is 0.938. The molecule has 1 rings (SSSR count). The molecular formula is C16H33N3O. The molecule has 2 N–H and O–H groups in total. The number of hydrogen-bond acceptors (Lipinski definition) is 3. The summed E-state index contributed by atoms with van der Waals surface area (Å²) in [5.74, 6) is 0.189. The third-order valence-corrected chi connectivity index (χ3v) is 4.83. The number of nitrogens with one attached hydrogen (secondary N) is 2. The van der Waals surface area contributed by atoms with Crippen LogP contribution in [0.1, 0.15) is 59.8 Å². The molecule has 0 radical (unpaired) electrons. The van der Waals surface area contributed by atoms with Gasteiger partial charge in [-0.05, 0) is 53.1 Å². The van der Waals surface area contributed by atoms with E-state index in [4.69, 9.17) is 0 Å². The van der Waals surface area contributed by atoms with Crippen molar-refractivity contribution < 1.29 is 4.79 Å². The van der Waals surface area contributed by atoms with E-state index in [9.17, 15) is 4.79 Å². The van der Waals surface area contributed by atoms with E-state index in [1.165, 1.54) is 19.3 Å². The highest BCUT2D eigenvalue weighted by atomic mass is 16.2. The lowest BCUT2D eigenvalue weighted by Crippen LogP contribution is -2.57. The Hall–Kier alpha value is -0.610. The molecule has 1 saturated heterocycles. The van der Waals surface area contributed by atoms with Gasteiger partial charge in [-0.15, -0.1) is 0 Å². The van der Waals surface area contributed by atoms with Gasteiger partial charge in [-0.1, -0.05) is 20.3 Å². The van der Waals surface area contributed by atoms with Gasteiger partial charge in [0.1, 0.15) is 0 Å². The summed E-state index contributed by atoms with van der Waals surface area (Å²) in [6.45, 7) is 9.57. The molecule has 1 amide bonds. The molecular weight excluding hydrogens is 250 g/mol. The Labute approximate surface area is 124 Å². The fourth-order valence-corrected chi connectivity index (χ4v) is 3.16. The number of carbonyl (C=O) groups is 1. The molecule has 4 nitrogen and oxygen atoms in total. The lowest BCUT2D eigenvalue weighted by Gasteiger charge is -2.42. The maximum absolute atomic E-state index is 12.5. The van der Waals surface area contributed by atoms with E-state index in [1.54, 1.807) is 0 Å². The van der Waals surface area contributed by atoms with Crippen LogP contribution in [-0.4, -0.2) is 48.6 Å². The minimum atomic E-state index is -0.0308. The summed E-state index contributed by atoms with van der Waals surface area (Å²) in [4.78, 5) is 14.8. The molecule has 3 atom stereocenters. The summed E-state index contributed by atoms with van der Waals surface area (Å²) < 4.78 is 0. The van der Waals surface area contributed by atoms with Crippen molar-refractivity contribution in [2.45, 2.75) is 84.0 Å². The number of carbonyl (C=O) groups excluding carboxylic acids is 1. The lowest BCUT2D eigenvalue weighted by molar-refractivity contribution is -0.128. The normalized spacial score (nSPS) is 23.6. The van der Waals surface area contributed by atoms with Gasteiger partial charge >= 0.3 is 0 Å². The van der Waals surface area contributed by atoms with Gasteiger partial charge in [-0.3, -0.25) is 9.69 Å². The van der Waals surface area contributed by atoms with E-state index < -0.39 is 0 Å². The number of piperidine rings is 1. The molecule has 1 aliphatic rings. The van der Waals surface area contributed by atoms with Gasteiger partial charge in [0.15, 0.2) is 0 Å². The first kappa shape index (κ1) is 17.4. The summed E-state index contributed by atoms with van der Waals surface area (Å²) >= 11 is 0. The molecule has 1 heterocycles. The number of likely N-dealkylation sites (N-methyl/N-ethyl adjacent to an activating group) is 1. The first-order valence-electron chi connectivity index (χ1n) is 8.28. The van der Waals surface area contributed by atoms with Crippen LogP contribution in [-0.2, 0) is 4.79 Å². The predicted molar refractivity (Wildman–Crippen MR) is 84.8 cm³/mol. The van der Waals surface area contributed by atoms with Crippen LogP contribution in [0.2, 0.25) is 0 Å². The van der Waals surface area contributed by atoms with Crippen molar-refractivity contribution in [3.05, 3.63) is 0 Å². The molecule has 3 unspecified atom stereocenters. The molecule has 0 bridgehead atoms. The topological polar surface area (TPSA) is 44.4 Å². The zero-order valence-corrected chi connectivity index (χ0v) is 13.9. The van der Waals surface area contributed by atoms with Crippen LogP contribution in [0.5, 0.6) is 0 Å². The standard InChI is InChI=1S/C16H33N3O/c1-6-14(7-2)18-16(20)13(4)19-11-9-8-10-15(19)12(3)17-5/h12-15,17H,6-11H2,1-5H3,(H,18,20). The molecule has 1 fully saturated rings. The summed E-state index contributed by atoms with van der Waals surface area (Å²) in [5, 5.41) is 6.54. The summed E-state index contributed by atoms with van der Waals surface area (Å²) in [6.07, 6.45) is 5.67. The molecule has 0 saturated carbocycles. The van der Waals surface area contributed by atoms with Gasteiger partial charge < -0.3 is 10.6 Å². The predicted octanol–water partition coefficient (Wildman–Crippen LogP) is 2.14. The Bertz CT molecular complexity index is 291. The van der Waals surface area contributed by atoms with Crippen LogP contribution in [0, 0.1) is 0 Å². The van der Waals surface area contributed by atoms with E-state index in [1.807, 2.05) is 7.05 Å². The van der Waals surface area contributed by atoms with E-state index in [0.29, 0.717) is 18.1 Å². The number of hydrogen-bond donors (Lipinski definition) is 2. The van der Waals surface area contributed by atoms with Crippen molar-refractivity contribution >= 4 is 5.91 Å². The van der Waals surface area contributed by atoms with Crippen molar-refractivity contribution in [2.24, 2.45) is 0 Å². The Morgan fingerprint density at radius 3 is 2.45 bits per heavy atom. The maximum Gasteiger partial charge on any atom is 0.237 e. The number of amides is 1. The monoisotopic (exact) mass is 283 g/mol. The van der Waals surface area contributed by atoms with Crippen LogP contribution >= 0.6 is 0 Å². The molecule has 20 heavy (non-hydrogen) atoms. The van der Waals surface area contributed by atoms with Crippen LogP contribution in [0.4, 0.5) is 0 Å². The molecule has 0 aromatic carbocycles. The minimum absolute atomic E-state index is 0.0308. The largest absolute Gasteiger partial charge is 0.352 e. The maximum atomic E-state index is 12.5. The zero-order chi connectivity index (χ0) is 15.1. The quantitative estimate of drug-likeness (QED) is 0.752. The summed E-state index contributed by atoms with van der Waals surface area (Å²) in [6, 6.07) is 1.18. The smallest absolute Gasteiger partial charge is 0.237 e. The molecule has 4 heteroatoms. The average molecular weight is 283 g/mol. The first-order chi connectivity index (χ1) is 9.54. The third kappa shape index (κ3) is 4.45. The molecule has 0 spiro atoms. The van der Waals surface area contributed by atoms with Gasteiger partial charge in [0.25, 0.3) is 0 Å². The van der Waals surface area contributed by atoms with E-state index in [0.717, 1.165) is 19.4 Å². The molecule has 0 aliphatic carbocycles. The van der Waals surface area contributed by atoms with Gasteiger partial charge in [0, 0.05) is 18.1 Å². The molecule has 0 aromatic heterocycles. The lowest BCUT2D eigenvalue weighted by atomic mass is 9.94. The Kier molecular flexibility index (Phi) is 7.52. The summed E-state index contributed by atoms with van der Waals surface area (Å²) in [7, 11) is 2.01. The van der Waals surface area contributed by atoms with Gasteiger partial charge in [0.05, 0.1) is 6.04 Å². The van der Waals surface area contributed by atoms with E-state index in [2.05, 4.69) is 43.2 Å². The summed E-state index contributed by atoms with van der Waals surface area (Å²) in [5.41, 5.74) is 0. The molecule has 1 aliphatic heterocycles. The van der Waals surface area contributed by atoms with Gasteiger partial charge in [-0.25, -0.2) is 0 Å². The SMILES string of the molecule is CCC(CC)NC(=O)C(C)N1CCCCC1C(C)NC. The van der Waals surface area contributed by atoms with Crippen molar-refractivity contribution in [2.75, 3.05) is 13.6 Å². The Morgan fingerprint density at radius 2 is 1.90 bits per heavy atom. The van der Waals surface area contributed by atoms with Crippen molar-refractivity contribution in [3.8, 4) is 0 Å². The number of likely N-dealkylation sites (tertiary alicyclic amines) is 1. The molecule has 118 valence electrons. The van der Waals surface area contributed by atoms with Crippen molar-refractivity contribution in [1.82, 2.24) is 15.5 Å². The third-order valence-electron chi connectivity index (χ3n) is 4.83. The Balaban J connectivity index is 2.66. The zero-order valence-electron chi connectivity index (χ0n) is 13.9. The Morgan fingerprint density at radius 1 is 1.25 bits per heavy atom. The van der Waals surface area contributed by atoms with E-state index >= 15 is 0 Å². The second-order valence-corrected chi connectivity index (χ2v) is 6.08. The highest BCUT2D eigenvalue weighted by Crippen LogP contribution is 2.22. The first-order valence-corrected chi connectivity index (χ1v) is 8.28. The second kappa shape index (κ2) is 8.63. The van der Waals surface area contributed by atoms with Crippen LogP contribution < -0.4 is 10.6 Å². The van der Waals surface area contributed by atoms with Crippen LogP contribution in [0.15, 0.2) is 0 Å². The van der Waals surface area contributed by atoms with Crippen LogP contribution in [0.3, 0.4) is 0 Å². The number of nitrogens with zero attached hydrogens (tertiary/aromatic N) is 1.